The van der Waals surface area contributed by atoms with Crippen LogP contribution in [0.25, 0.3) is 5.57 Å². The summed E-state index contributed by atoms with van der Waals surface area (Å²) in [4.78, 5) is 0. The van der Waals surface area contributed by atoms with Crippen LogP contribution in [0.1, 0.15) is 105 Å². The van der Waals surface area contributed by atoms with Gasteiger partial charge in [0.25, 0.3) is 0 Å². The zero-order valence-corrected chi connectivity index (χ0v) is 21.8. The third-order valence-corrected chi connectivity index (χ3v) is 8.93. The minimum absolute atomic E-state index is 0.0647. The van der Waals surface area contributed by atoms with E-state index in [-0.39, 0.29) is 29.9 Å². The van der Waals surface area contributed by atoms with E-state index in [2.05, 4.69) is 6.92 Å². The second kappa shape index (κ2) is 11.7. The number of aliphatic hydroxyl groups excluding tert-OH is 1. The van der Waals surface area contributed by atoms with Crippen LogP contribution in [0.15, 0.2) is 36.4 Å². The minimum Gasteiger partial charge on any atom is -0.393 e. The topological polar surface area (TPSA) is 32.8 Å². The first-order valence-electron chi connectivity index (χ1n) is 14.2. The molecule has 37 heavy (non-hydrogen) atoms. The van der Waals surface area contributed by atoms with Gasteiger partial charge in [0.15, 0.2) is 11.6 Å². The van der Waals surface area contributed by atoms with Crippen molar-refractivity contribution in [3.8, 4) is 0 Å². The Balaban J connectivity index is 1.14. The van der Waals surface area contributed by atoms with Crippen LogP contribution in [0.3, 0.4) is 0 Å². The number of epoxide rings is 1. The fourth-order valence-electron chi connectivity index (χ4n) is 6.45. The van der Waals surface area contributed by atoms with Crippen molar-refractivity contribution >= 4 is 5.57 Å². The summed E-state index contributed by atoms with van der Waals surface area (Å²) in [5.74, 6) is -0.704. The molecule has 2 aliphatic carbocycles. The highest BCUT2D eigenvalue weighted by molar-refractivity contribution is 5.67. The van der Waals surface area contributed by atoms with Crippen molar-refractivity contribution in [2.45, 2.75) is 95.7 Å². The van der Waals surface area contributed by atoms with E-state index in [1.54, 1.807) is 18.2 Å². The highest BCUT2D eigenvalue weighted by Gasteiger charge is 2.29. The monoisotopic (exact) mass is 512 g/mol. The van der Waals surface area contributed by atoms with E-state index in [1.807, 2.05) is 18.2 Å². The molecular formula is C32H39F3O2. The summed E-state index contributed by atoms with van der Waals surface area (Å²) in [6, 6.07) is 9.02. The number of ether oxygens (including phenoxy) is 1. The predicted molar refractivity (Wildman–Crippen MR) is 141 cm³/mol. The molecule has 5 heteroatoms. The molecule has 1 saturated carbocycles. The average molecular weight is 513 g/mol. The SMILES string of the molecule is CCCC(O)C1CC=C(c2ccc(CCC3CCC(c4ccc(C5CO5)cc4F)CC3)c(F)c2F)CC1. The molecule has 3 aliphatic rings. The van der Waals surface area contributed by atoms with Gasteiger partial charge >= 0.3 is 0 Å². The van der Waals surface area contributed by atoms with E-state index in [1.165, 1.54) is 0 Å². The van der Waals surface area contributed by atoms with E-state index < -0.39 is 11.6 Å². The number of hydrogen-bond donors (Lipinski definition) is 1. The number of hydrogen-bond acceptors (Lipinski definition) is 2. The molecule has 0 radical (unpaired) electrons. The van der Waals surface area contributed by atoms with Crippen molar-refractivity contribution in [1.29, 1.82) is 0 Å². The maximum absolute atomic E-state index is 15.0. The van der Waals surface area contributed by atoms with Gasteiger partial charge in [-0.1, -0.05) is 43.7 Å². The van der Waals surface area contributed by atoms with Gasteiger partial charge < -0.3 is 9.84 Å². The van der Waals surface area contributed by atoms with Crippen LogP contribution in [-0.4, -0.2) is 17.8 Å². The lowest BCUT2D eigenvalue weighted by Gasteiger charge is -2.29. The molecule has 1 heterocycles. The molecule has 3 atom stereocenters. The third kappa shape index (κ3) is 6.15. The molecule has 5 rings (SSSR count). The summed E-state index contributed by atoms with van der Waals surface area (Å²) in [6.45, 7) is 2.74. The van der Waals surface area contributed by atoms with Gasteiger partial charge in [-0.15, -0.1) is 0 Å². The van der Waals surface area contributed by atoms with Crippen molar-refractivity contribution in [3.05, 3.63) is 76.1 Å². The second-order valence-corrected chi connectivity index (χ2v) is 11.4. The number of rotatable bonds is 9. The maximum atomic E-state index is 15.0. The quantitative estimate of drug-likeness (QED) is 0.342. The lowest BCUT2D eigenvalue weighted by atomic mass is 9.76. The minimum atomic E-state index is -0.740. The maximum Gasteiger partial charge on any atom is 0.166 e. The Kier molecular flexibility index (Phi) is 8.40. The molecule has 1 saturated heterocycles. The molecule has 2 nitrogen and oxygen atoms in total. The predicted octanol–water partition coefficient (Wildman–Crippen LogP) is 8.43. The number of halogens is 3. The van der Waals surface area contributed by atoms with Gasteiger partial charge in [-0.25, -0.2) is 13.2 Å². The Labute approximate surface area is 218 Å². The van der Waals surface area contributed by atoms with Gasteiger partial charge in [-0.2, -0.15) is 0 Å². The number of aryl methyl sites for hydroxylation is 1. The van der Waals surface area contributed by atoms with Crippen molar-refractivity contribution in [1.82, 2.24) is 0 Å². The van der Waals surface area contributed by atoms with Crippen molar-refractivity contribution in [2.24, 2.45) is 11.8 Å². The summed E-state index contributed by atoms with van der Waals surface area (Å²) < 4.78 is 50.0. The van der Waals surface area contributed by atoms with E-state index >= 15 is 8.78 Å². The molecule has 0 amide bonds. The smallest absolute Gasteiger partial charge is 0.166 e. The van der Waals surface area contributed by atoms with Crippen molar-refractivity contribution in [2.75, 3.05) is 6.61 Å². The van der Waals surface area contributed by atoms with Gasteiger partial charge in [-0.3, -0.25) is 0 Å². The van der Waals surface area contributed by atoms with Gasteiger partial charge in [0.1, 0.15) is 11.9 Å². The Morgan fingerprint density at radius 3 is 2.43 bits per heavy atom. The van der Waals surface area contributed by atoms with Crippen LogP contribution >= 0.6 is 0 Å². The zero-order chi connectivity index (χ0) is 25.9. The van der Waals surface area contributed by atoms with Crippen LogP contribution in [0.2, 0.25) is 0 Å². The molecule has 0 spiro atoms. The molecule has 1 N–H and O–H groups in total. The standard InChI is InChI=1S/C32H39F3O2/c1-2-3-29(36)23-12-10-22(11-13-23)27-17-14-24(31(34)32(27)35)9-6-20-4-7-21(8-5-20)26-16-15-25(18-28(26)33)30-19-37-30/h10,14-18,20-21,23,29-30,36H,2-9,11-13,19H2,1H3. The van der Waals surface area contributed by atoms with Crippen LogP contribution in [0.4, 0.5) is 13.2 Å². The van der Waals surface area contributed by atoms with Crippen LogP contribution in [0, 0.1) is 29.3 Å². The largest absolute Gasteiger partial charge is 0.393 e. The Hall–Kier alpha value is -2.11. The fraction of sp³-hybridized carbons (Fsp3) is 0.562. The van der Waals surface area contributed by atoms with Gasteiger partial charge in [-0.05, 0) is 110 Å². The normalized spacial score (nSPS) is 26.6. The highest BCUT2D eigenvalue weighted by Crippen LogP contribution is 2.40. The molecule has 2 aromatic carbocycles. The zero-order valence-electron chi connectivity index (χ0n) is 21.8. The summed E-state index contributed by atoms with van der Waals surface area (Å²) in [7, 11) is 0. The third-order valence-electron chi connectivity index (χ3n) is 8.93. The first-order chi connectivity index (χ1) is 17.9. The second-order valence-electron chi connectivity index (χ2n) is 11.4. The van der Waals surface area contributed by atoms with E-state index in [9.17, 15) is 9.50 Å². The van der Waals surface area contributed by atoms with Gasteiger partial charge in [0, 0.05) is 5.56 Å². The number of aliphatic hydroxyl groups is 1. The van der Waals surface area contributed by atoms with Gasteiger partial charge in [0.2, 0.25) is 0 Å². The Morgan fingerprint density at radius 2 is 1.78 bits per heavy atom. The molecule has 200 valence electrons. The lowest BCUT2D eigenvalue weighted by molar-refractivity contribution is 0.0934. The molecular weight excluding hydrogens is 473 g/mol. The van der Waals surface area contributed by atoms with Crippen LogP contribution in [-0.2, 0) is 11.2 Å². The molecule has 2 fully saturated rings. The first kappa shape index (κ1) is 26.5. The van der Waals surface area contributed by atoms with E-state index in [0.717, 1.165) is 68.1 Å². The van der Waals surface area contributed by atoms with E-state index in [0.29, 0.717) is 42.9 Å². The van der Waals surface area contributed by atoms with Crippen molar-refractivity contribution in [3.63, 3.8) is 0 Å². The Morgan fingerprint density at radius 1 is 1.00 bits per heavy atom. The molecule has 1 aliphatic heterocycles. The molecule has 2 aromatic rings. The summed E-state index contributed by atoms with van der Waals surface area (Å²) >= 11 is 0. The molecule has 0 aromatic heterocycles. The summed E-state index contributed by atoms with van der Waals surface area (Å²) in [6.07, 6.45) is 10.8. The van der Waals surface area contributed by atoms with E-state index in [4.69, 9.17) is 4.74 Å². The van der Waals surface area contributed by atoms with Gasteiger partial charge in [0.05, 0.1) is 12.7 Å². The lowest BCUT2D eigenvalue weighted by Crippen LogP contribution is -2.22. The summed E-state index contributed by atoms with van der Waals surface area (Å²) in [5.41, 5.74) is 3.39. The van der Waals surface area contributed by atoms with Crippen molar-refractivity contribution < 1.29 is 23.0 Å². The molecule has 3 unspecified atom stereocenters. The number of benzene rings is 2. The Bertz CT molecular complexity index is 1120. The average Bonchev–Trinajstić information content (AvgIpc) is 3.76. The van der Waals surface area contributed by atoms with Crippen LogP contribution in [0.5, 0.6) is 0 Å². The highest BCUT2D eigenvalue weighted by atomic mass is 19.2. The first-order valence-corrected chi connectivity index (χ1v) is 14.2. The molecule has 0 bridgehead atoms. The van der Waals surface area contributed by atoms with Crippen LogP contribution < -0.4 is 0 Å². The number of allylic oxidation sites excluding steroid dienone is 2. The summed E-state index contributed by atoms with van der Waals surface area (Å²) in [5, 5.41) is 10.3. The fourth-order valence-corrected chi connectivity index (χ4v) is 6.45.